The van der Waals surface area contributed by atoms with Gasteiger partial charge in [0.2, 0.25) is 0 Å². The van der Waals surface area contributed by atoms with Crippen LogP contribution in [0.2, 0.25) is 0 Å². The second-order valence-corrected chi connectivity index (χ2v) is 8.52. The van der Waals surface area contributed by atoms with Crippen molar-refractivity contribution in [2.45, 2.75) is 20.1 Å². The summed E-state index contributed by atoms with van der Waals surface area (Å²) in [7, 11) is 0. The van der Waals surface area contributed by atoms with Gasteiger partial charge in [-0.2, -0.15) is 5.26 Å². The summed E-state index contributed by atoms with van der Waals surface area (Å²) < 4.78 is 27.7. The van der Waals surface area contributed by atoms with Crippen molar-refractivity contribution in [3.8, 4) is 23.4 Å². The van der Waals surface area contributed by atoms with Crippen LogP contribution in [0.5, 0.6) is 5.75 Å². The van der Waals surface area contributed by atoms with Crippen LogP contribution in [-0.4, -0.2) is 9.55 Å². The first-order valence-electron chi connectivity index (χ1n) is 11.3. The Hall–Kier alpha value is -4.63. The van der Waals surface area contributed by atoms with E-state index in [1.807, 2.05) is 42.5 Å². The lowest BCUT2D eigenvalue weighted by Crippen LogP contribution is -2.04. The molecule has 35 heavy (non-hydrogen) atoms. The topological polar surface area (TPSA) is 64.0 Å². The lowest BCUT2D eigenvalue weighted by atomic mass is 9.90. The van der Waals surface area contributed by atoms with Crippen LogP contribution in [0.25, 0.3) is 28.2 Å². The number of imidazole rings is 1. The van der Waals surface area contributed by atoms with Crippen molar-refractivity contribution in [1.82, 2.24) is 9.55 Å². The molecular formula is C29H20FN3O2. The Bertz CT molecular complexity index is 1660. The quantitative estimate of drug-likeness (QED) is 0.280. The van der Waals surface area contributed by atoms with Gasteiger partial charge in [0.15, 0.2) is 11.6 Å². The van der Waals surface area contributed by atoms with Crippen molar-refractivity contribution < 1.29 is 13.5 Å². The molecule has 0 saturated heterocycles. The summed E-state index contributed by atoms with van der Waals surface area (Å²) in [5.41, 5.74) is 6.85. The summed E-state index contributed by atoms with van der Waals surface area (Å²) in [6.45, 7) is 2.62. The lowest BCUT2D eigenvalue weighted by molar-refractivity contribution is 0.305. The van der Waals surface area contributed by atoms with Crippen LogP contribution in [0.1, 0.15) is 29.2 Å². The Kier molecular flexibility index (Phi) is 4.97. The van der Waals surface area contributed by atoms with Gasteiger partial charge in [-0.3, -0.25) is 0 Å². The summed E-state index contributed by atoms with van der Waals surface area (Å²) in [5, 5.41) is 9.69. The summed E-state index contributed by atoms with van der Waals surface area (Å²) >= 11 is 0. The van der Waals surface area contributed by atoms with Gasteiger partial charge in [-0.1, -0.05) is 24.3 Å². The number of benzene rings is 3. The third kappa shape index (κ3) is 3.58. The van der Waals surface area contributed by atoms with E-state index in [0.717, 1.165) is 44.7 Å². The highest BCUT2D eigenvalue weighted by Gasteiger charge is 2.23. The van der Waals surface area contributed by atoms with Gasteiger partial charge in [-0.05, 0) is 66.1 Å². The van der Waals surface area contributed by atoms with E-state index in [0.29, 0.717) is 23.6 Å². The largest absolute Gasteiger partial charge is 0.488 e. The third-order valence-electron chi connectivity index (χ3n) is 6.31. The first-order chi connectivity index (χ1) is 17.1. The molecule has 0 N–H and O–H groups in total. The average Bonchev–Trinajstić information content (AvgIpc) is 3.49. The van der Waals surface area contributed by atoms with Crippen LogP contribution in [0.4, 0.5) is 4.39 Å². The normalized spacial score (nSPS) is 14.0. The SMILES string of the molecule is CC(C#N)=C1c2ccc(Cn3c(-c4ccco4)nc4ccccc43)cc2COc2cc(F)ccc21. The van der Waals surface area contributed by atoms with E-state index in [4.69, 9.17) is 14.1 Å². The van der Waals surface area contributed by atoms with Gasteiger partial charge in [0.1, 0.15) is 18.2 Å². The van der Waals surface area contributed by atoms with Gasteiger partial charge in [0, 0.05) is 29.3 Å². The third-order valence-corrected chi connectivity index (χ3v) is 6.31. The van der Waals surface area contributed by atoms with Gasteiger partial charge in [-0.15, -0.1) is 0 Å². The molecule has 1 aliphatic heterocycles. The fourth-order valence-electron chi connectivity index (χ4n) is 4.70. The number of nitriles is 1. The second-order valence-electron chi connectivity index (χ2n) is 8.52. The van der Waals surface area contributed by atoms with Crippen molar-refractivity contribution in [2.24, 2.45) is 0 Å². The molecule has 0 saturated carbocycles. The van der Waals surface area contributed by atoms with Crippen molar-refractivity contribution in [2.75, 3.05) is 0 Å². The number of rotatable bonds is 3. The Balaban J connectivity index is 1.46. The van der Waals surface area contributed by atoms with Gasteiger partial charge in [0.05, 0.1) is 23.4 Å². The molecule has 2 aromatic heterocycles. The fourth-order valence-corrected chi connectivity index (χ4v) is 4.70. The number of halogens is 1. The van der Waals surface area contributed by atoms with Crippen molar-refractivity contribution in [3.63, 3.8) is 0 Å². The predicted molar refractivity (Wildman–Crippen MR) is 131 cm³/mol. The highest BCUT2D eigenvalue weighted by molar-refractivity contribution is 5.88. The second kappa shape index (κ2) is 8.30. The van der Waals surface area contributed by atoms with Crippen LogP contribution >= 0.6 is 0 Å². The average molecular weight is 461 g/mol. The van der Waals surface area contributed by atoms with Gasteiger partial charge < -0.3 is 13.7 Å². The molecule has 0 unspecified atom stereocenters. The van der Waals surface area contributed by atoms with Crippen LogP contribution in [0.15, 0.2) is 89.0 Å². The molecule has 170 valence electrons. The first-order valence-corrected chi connectivity index (χ1v) is 11.3. The Morgan fingerprint density at radius 1 is 1.06 bits per heavy atom. The highest BCUT2D eigenvalue weighted by Crippen LogP contribution is 2.39. The Labute approximate surface area is 201 Å². The summed E-state index contributed by atoms with van der Waals surface area (Å²) in [6, 6.07) is 24.6. The molecule has 0 spiro atoms. The number of nitrogens with zero attached hydrogens (tertiary/aromatic N) is 3. The standard InChI is InChI=1S/C29H20FN3O2/c1-18(15-31)28-22-10-8-19(13-20(22)17-35-27-14-21(30)9-11-23(27)28)16-33-25-6-3-2-5-24(25)32-29(33)26-7-4-12-34-26/h2-14H,16-17H2,1H3. The molecular weight excluding hydrogens is 441 g/mol. The number of allylic oxidation sites excluding steroid dienone is 1. The maximum Gasteiger partial charge on any atom is 0.177 e. The van der Waals surface area contributed by atoms with Crippen LogP contribution in [0.3, 0.4) is 0 Å². The molecule has 5 aromatic rings. The molecule has 0 bridgehead atoms. The zero-order chi connectivity index (χ0) is 23.9. The minimum Gasteiger partial charge on any atom is -0.488 e. The van der Waals surface area contributed by atoms with Gasteiger partial charge in [0.25, 0.3) is 0 Å². The molecule has 0 aliphatic carbocycles. The van der Waals surface area contributed by atoms with E-state index in [-0.39, 0.29) is 12.4 Å². The minimum atomic E-state index is -0.373. The molecule has 6 rings (SSSR count). The van der Waals surface area contributed by atoms with Gasteiger partial charge in [-0.25, -0.2) is 9.37 Å². The molecule has 3 aromatic carbocycles. The maximum atomic E-state index is 13.9. The highest BCUT2D eigenvalue weighted by atomic mass is 19.1. The van der Waals surface area contributed by atoms with Gasteiger partial charge >= 0.3 is 0 Å². The number of hydrogen-bond donors (Lipinski definition) is 0. The number of aromatic nitrogens is 2. The molecule has 3 heterocycles. The van der Waals surface area contributed by atoms with E-state index >= 15 is 0 Å². The maximum absolute atomic E-state index is 13.9. The molecule has 1 aliphatic rings. The molecule has 0 radical (unpaired) electrons. The Morgan fingerprint density at radius 3 is 2.74 bits per heavy atom. The van der Waals surface area contributed by atoms with Crippen molar-refractivity contribution in [1.29, 1.82) is 5.26 Å². The molecule has 0 amide bonds. The summed E-state index contributed by atoms with van der Waals surface area (Å²) in [6.07, 6.45) is 1.64. The number of para-hydroxylation sites is 2. The lowest BCUT2D eigenvalue weighted by Gasteiger charge is -2.14. The van der Waals surface area contributed by atoms with E-state index in [1.54, 1.807) is 19.3 Å². The number of hydrogen-bond acceptors (Lipinski definition) is 4. The number of furan rings is 1. The number of ether oxygens (including phenoxy) is 1. The van der Waals surface area contributed by atoms with E-state index in [1.165, 1.54) is 12.1 Å². The molecule has 0 fully saturated rings. The van der Waals surface area contributed by atoms with E-state index in [2.05, 4.69) is 22.8 Å². The monoisotopic (exact) mass is 461 g/mol. The molecule has 0 atom stereocenters. The minimum absolute atomic E-state index is 0.275. The van der Waals surface area contributed by atoms with Crippen LogP contribution < -0.4 is 4.74 Å². The zero-order valence-corrected chi connectivity index (χ0v) is 19.0. The van der Waals surface area contributed by atoms with E-state index in [9.17, 15) is 9.65 Å². The molecule has 5 nitrogen and oxygen atoms in total. The van der Waals surface area contributed by atoms with Crippen molar-refractivity contribution >= 4 is 16.6 Å². The summed E-state index contributed by atoms with van der Waals surface area (Å²) in [5.74, 6) is 1.52. The van der Waals surface area contributed by atoms with Crippen LogP contribution in [0, 0.1) is 17.1 Å². The van der Waals surface area contributed by atoms with Crippen LogP contribution in [-0.2, 0) is 13.2 Å². The summed E-state index contributed by atoms with van der Waals surface area (Å²) in [4.78, 5) is 4.80. The zero-order valence-electron chi connectivity index (χ0n) is 19.0. The van der Waals surface area contributed by atoms with Crippen molar-refractivity contribution in [3.05, 3.63) is 113 Å². The fraction of sp³-hybridized carbons (Fsp3) is 0.103. The Morgan fingerprint density at radius 2 is 1.91 bits per heavy atom. The predicted octanol–water partition coefficient (Wildman–Crippen LogP) is 6.72. The number of fused-ring (bicyclic) bond motifs is 3. The smallest absolute Gasteiger partial charge is 0.177 e. The first kappa shape index (κ1) is 20.9. The van der Waals surface area contributed by atoms with E-state index < -0.39 is 0 Å². The molecule has 6 heteroatoms.